The summed E-state index contributed by atoms with van der Waals surface area (Å²) in [7, 11) is 0. The number of nitrogens with zero attached hydrogens (tertiary/aromatic N) is 2. The second-order valence-corrected chi connectivity index (χ2v) is 9.43. The van der Waals surface area contributed by atoms with Crippen molar-refractivity contribution in [2.45, 2.75) is 17.7 Å². The monoisotopic (exact) mass is 494 g/mol. The van der Waals surface area contributed by atoms with Crippen LogP contribution in [0.5, 0.6) is 0 Å². The van der Waals surface area contributed by atoms with Crippen molar-refractivity contribution < 1.29 is 0 Å². The highest BCUT2D eigenvalue weighted by molar-refractivity contribution is 7.98. The first-order valence-corrected chi connectivity index (χ1v) is 11.9. The molecule has 0 radical (unpaired) electrons. The Balaban J connectivity index is 1.84. The van der Waals surface area contributed by atoms with Gasteiger partial charge < -0.3 is 0 Å². The predicted molar refractivity (Wildman–Crippen MR) is 136 cm³/mol. The fraction of sp³-hybridized carbons (Fsp3) is 0.0769. The molecule has 0 unspecified atom stereocenters. The molecule has 0 saturated carbocycles. The number of aryl methyl sites for hydroxylation is 1. The minimum Gasteiger partial charge on any atom is -0.240 e. The van der Waals surface area contributed by atoms with Crippen molar-refractivity contribution in [3.8, 4) is 28.5 Å². The lowest BCUT2D eigenvalue weighted by molar-refractivity contribution is 1.12. The first-order valence-electron chi connectivity index (χ1n) is 9.80. The normalized spacial score (nSPS) is 10.7. The SMILES string of the molecule is Cc1ccc(-c2cc(-c3ccccc3Cl)c(C#N)c(SCc3ccc(Cl)cc3Cl)n2)cc1. The Kier molecular flexibility index (Phi) is 7.08. The summed E-state index contributed by atoms with van der Waals surface area (Å²) in [5.41, 5.74) is 5.89. The Morgan fingerprint density at radius 2 is 1.62 bits per heavy atom. The molecule has 32 heavy (non-hydrogen) atoms. The summed E-state index contributed by atoms with van der Waals surface area (Å²) in [6.45, 7) is 2.04. The maximum absolute atomic E-state index is 10.0. The Morgan fingerprint density at radius 1 is 0.875 bits per heavy atom. The number of pyridine rings is 1. The van der Waals surface area contributed by atoms with Gasteiger partial charge in [-0.25, -0.2) is 4.98 Å². The second-order valence-electron chi connectivity index (χ2n) is 7.22. The lowest BCUT2D eigenvalue weighted by atomic mass is 9.99. The van der Waals surface area contributed by atoms with Crippen LogP contribution in [0.3, 0.4) is 0 Å². The van der Waals surface area contributed by atoms with Gasteiger partial charge in [0, 0.05) is 37.5 Å². The van der Waals surface area contributed by atoms with Crippen molar-refractivity contribution in [3.63, 3.8) is 0 Å². The summed E-state index contributed by atoms with van der Waals surface area (Å²) in [5.74, 6) is 0.553. The standard InChI is InChI=1S/C26H17Cl3N2S/c1-16-6-8-17(9-7-16)25-13-21(20-4-2-3-5-23(20)28)22(14-30)26(31-25)32-15-18-10-11-19(27)12-24(18)29/h2-13H,15H2,1H3. The minimum absolute atomic E-state index is 0.490. The average Bonchev–Trinajstić information content (AvgIpc) is 2.79. The third-order valence-corrected chi connectivity index (χ3v) is 6.93. The molecule has 4 aromatic rings. The molecule has 0 saturated heterocycles. The Labute approximate surface area is 206 Å². The van der Waals surface area contributed by atoms with E-state index in [1.165, 1.54) is 17.3 Å². The number of hydrogen-bond acceptors (Lipinski definition) is 3. The van der Waals surface area contributed by atoms with E-state index < -0.39 is 0 Å². The van der Waals surface area contributed by atoms with Crippen LogP contribution in [-0.2, 0) is 5.75 Å². The summed E-state index contributed by atoms with van der Waals surface area (Å²) in [6.07, 6.45) is 0. The van der Waals surface area contributed by atoms with E-state index in [0.29, 0.717) is 31.4 Å². The fourth-order valence-corrected chi connectivity index (χ4v) is 5.08. The molecule has 0 spiro atoms. The van der Waals surface area contributed by atoms with Gasteiger partial charge in [-0.2, -0.15) is 5.26 Å². The van der Waals surface area contributed by atoms with Crippen LogP contribution < -0.4 is 0 Å². The average molecular weight is 496 g/mol. The van der Waals surface area contributed by atoms with Gasteiger partial charge in [0.15, 0.2) is 0 Å². The van der Waals surface area contributed by atoms with Gasteiger partial charge in [-0.1, -0.05) is 88.9 Å². The highest BCUT2D eigenvalue weighted by Gasteiger charge is 2.18. The molecule has 0 fully saturated rings. The molecule has 0 N–H and O–H groups in total. The van der Waals surface area contributed by atoms with Gasteiger partial charge in [0.25, 0.3) is 0 Å². The van der Waals surface area contributed by atoms with E-state index in [-0.39, 0.29) is 0 Å². The molecule has 0 aliphatic heterocycles. The quantitative estimate of drug-likeness (QED) is 0.259. The third kappa shape index (κ3) is 4.95. The summed E-state index contributed by atoms with van der Waals surface area (Å²) >= 11 is 20.4. The summed E-state index contributed by atoms with van der Waals surface area (Å²) in [5, 5.41) is 12.4. The van der Waals surface area contributed by atoms with Crippen LogP contribution in [-0.4, -0.2) is 4.98 Å². The molecule has 0 aliphatic carbocycles. The maximum atomic E-state index is 10.0. The van der Waals surface area contributed by atoms with Gasteiger partial charge in [0.1, 0.15) is 11.1 Å². The summed E-state index contributed by atoms with van der Waals surface area (Å²) in [6, 6.07) is 25.4. The van der Waals surface area contributed by atoms with Crippen LogP contribution in [0.4, 0.5) is 0 Å². The van der Waals surface area contributed by atoms with Crippen molar-refractivity contribution >= 4 is 46.6 Å². The van der Waals surface area contributed by atoms with E-state index in [2.05, 4.69) is 6.07 Å². The number of aromatic nitrogens is 1. The van der Waals surface area contributed by atoms with Crippen molar-refractivity contribution in [2.75, 3.05) is 0 Å². The molecule has 1 heterocycles. The number of thioether (sulfide) groups is 1. The largest absolute Gasteiger partial charge is 0.240 e. The second kappa shape index (κ2) is 9.98. The van der Waals surface area contributed by atoms with Crippen molar-refractivity contribution in [1.82, 2.24) is 4.98 Å². The fourth-order valence-electron chi connectivity index (χ4n) is 3.28. The summed E-state index contributed by atoms with van der Waals surface area (Å²) < 4.78 is 0. The molecule has 6 heteroatoms. The maximum Gasteiger partial charge on any atom is 0.115 e. The molecule has 2 nitrogen and oxygen atoms in total. The van der Waals surface area contributed by atoms with Gasteiger partial charge in [0.2, 0.25) is 0 Å². The van der Waals surface area contributed by atoms with Gasteiger partial charge >= 0.3 is 0 Å². The lowest BCUT2D eigenvalue weighted by Crippen LogP contribution is -1.97. The molecule has 4 rings (SSSR count). The minimum atomic E-state index is 0.490. The first kappa shape index (κ1) is 22.7. The lowest BCUT2D eigenvalue weighted by Gasteiger charge is -2.14. The molecular formula is C26H17Cl3N2S. The number of halogens is 3. The smallest absolute Gasteiger partial charge is 0.115 e. The molecule has 0 aliphatic rings. The van der Waals surface area contributed by atoms with E-state index in [1.807, 2.05) is 67.6 Å². The highest BCUT2D eigenvalue weighted by Crippen LogP contribution is 2.38. The van der Waals surface area contributed by atoms with Crippen LogP contribution in [0.25, 0.3) is 22.4 Å². The van der Waals surface area contributed by atoms with Gasteiger partial charge in [-0.15, -0.1) is 11.8 Å². The van der Waals surface area contributed by atoms with E-state index >= 15 is 0 Å². The number of hydrogen-bond donors (Lipinski definition) is 0. The number of benzene rings is 3. The molecular weight excluding hydrogens is 479 g/mol. The topological polar surface area (TPSA) is 36.7 Å². The van der Waals surface area contributed by atoms with Gasteiger partial charge in [0.05, 0.1) is 11.3 Å². The zero-order chi connectivity index (χ0) is 22.7. The molecule has 0 atom stereocenters. The van der Waals surface area contributed by atoms with Crippen LogP contribution >= 0.6 is 46.6 Å². The van der Waals surface area contributed by atoms with E-state index in [0.717, 1.165) is 27.9 Å². The van der Waals surface area contributed by atoms with Crippen molar-refractivity contribution in [1.29, 1.82) is 5.26 Å². The summed E-state index contributed by atoms with van der Waals surface area (Å²) in [4.78, 5) is 4.85. The van der Waals surface area contributed by atoms with Crippen molar-refractivity contribution in [2.24, 2.45) is 0 Å². The zero-order valence-corrected chi connectivity index (χ0v) is 20.2. The molecule has 3 aromatic carbocycles. The molecule has 158 valence electrons. The number of rotatable bonds is 5. The van der Waals surface area contributed by atoms with Crippen LogP contribution in [0.1, 0.15) is 16.7 Å². The molecule has 0 amide bonds. The van der Waals surface area contributed by atoms with Gasteiger partial charge in [-0.05, 0) is 36.8 Å². The molecule has 1 aromatic heterocycles. The Morgan fingerprint density at radius 3 is 2.31 bits per heavy atom. The van der Waals surface area contributed by atoms with Crippen molar-refractivity contribution in [3.05, 3.63) is 105 Å². The number of nitriles is 1. The van der Waals surface area contributed by atoms with E-state index in [1.54, 1.807) is 12.1 Å². The Hall–Kier alpha value is -2.48. The third-order valence-electron chi connectivity index (χ3n) is 4.99. The molecule has 0 bridgehead atoms. The highest BCUT2D eigenvalue weighted by atomic mass is 35.5. The zero-order valence-electron chi connectivity index (χ0n) is 17.1. The van der Waals surface area contributed by atoms with Crippen LogP contribution in [0.2, 0.25) is 15.1 Å². The van der Waals surface area contributed by atoms with Crippen LogP contribution in [0, 0.1) is 18.3 Å². The Bertz CT molecular complexity index is 1330. The van der Waals surface area contributed by atoms with Gasteiger partial charge in [-0.3, -0.25) is 0 Å². The first-order chi connectivity index (χ1) is 15.5. The van der Waals surface area contributed by atoms with E-state index in [4.69, 9.17) is 39.8 Å². The predicted octanol–water partition coefficient (Wildman–Crippen LogP) is 8.85. The van der Waals surface area contributed by atoms with E-state index in [9.17, 15) is 5.26 Å². The van der Waals surface area contributed by atoms with Crippen LogP contribution in [0.15, 0.2) is 77.8 Å².